The van der Waals surface area contributed by atoms with E-state index in [4.69, 9.17) is 0 Å². The highest BCUT2D eigenvalue weighted by Crippen LogP contribution is 2.12. The van der Waals surface area contributed by atoms with E-state index in [2.05, 4.69) is 37.4 Å². The van der Waals surface area contributed by atoms with Crippen molar-refractivity contribution in [1.82, 2.24) is 5.32 Å². The van der Waals surface area contributed by atoms with Crippen LogP contribution in [0.25, 0.3) is 0 Å². The molecule has 62 valence electrons. The molecule has 0 aromatic rings. The average molecular weight is 151 g/mol. The Morgan fingerprint density at radius 3 is 2.82 bits per heavy atom. The van der Waals surface area contributed by atoms with Gasteiger partial charge in [0.25, 0.3) is 0 Å². The lowest BCUT2D eigenvalue weighted by molar-refractivity contribution is 0.931. The molecule has 1 heterocycles. The molecule has 1 heteroatoms. The number of rotatable bonds is 4. The molecule has 0 saturated carbocycles. The Morgan fingerprint density at radius 2 is 2.36 bits per heavy atom. The van der Waals surface area contributed by atoms with Crippen molar-refractivity contribution in [2.24, 2.45) is 0 Å². The fourth-order valence-corrected chi connectivity index (χ4v) is 1.06. The molecule has 0 spiro atoms. The van der Waals surface area contributed by atoms with E-state index in [1.54, 1.807) is 0 Å². The zero-order valence-electron chi connectivity index (χ0n) is 7.43. The Kier molecular flexibility index (Phi) is 3.37. The summed E-state index contributed by atoms with van der Waals surface area (Å²) in [6.45, 7) is 5.48. The van der Waals surface area contributed by atoms with E-state index in [0.29, 0.717) is 0 Å². The summed E-state index contributed by atoms with van der Waals surface area (Å²) in [6.07, 6.45) is 8.99. The zero-order chi connectivity index (χ0) is 8.10. The molecule has 0 radical (unpaired) electrons. The lowest BCUT2D eigenvalue weighted by Crippen LogP contribution is -1.91. The normalized spacial score (nSPS) is 24.5. The van der Waals surface area contributed by atoms with Crippen LogP contribution in [0.2, 0.25) is 0 Å². The van der Waals surface area contributed by atoms with Crippen molar-refractivity contribution in [2.45, 2.75) is 32.7 Å². The van der Waals surface area contributed by atoms with Crippen LogP contribution in [0.3, 0.4) is 0 Å². The second-order valence-corrected chi connectivity index (χ2v) is 2.98. The van der Waals surface area contributed by atoms with E-state index in [0.717, 1.165) is 12.5 Å². The fraction of sp³-hybridized carbons (Fsp3) is 0.600. The van der Waals surface area contributed by atoms with Gasteiger partial charge in [-0.25, -0.2) is 0 Å². The fourth-order valence-electron chi connectivity index (χ4n) is 1.06. The smallest absolute Gasteiger partial charge is 0.0233 e. The third-order valence-corrected chi connectivity index (χ3v) is 1.91. The third kappa shape index (κ3) is 3.38. The zero-order valence-corrected chi connectivity index (χ0v) is 7.43. The van der Waals surface area contributed by atoms with E-state index in [1.165, 1.54) is 18.5 Å². The molecule has 0 amide bonds. The van der Waals surface area contributed by atoms with Gasteiger partial charge in [0.15, 0.2) is 0 Å². The van der Waals surface area contributed by atoms with E-state index in [9.17, 15) is 0 Å². The largest absolute Gasteiger partial charge is 0.311 e. The Morgan fingerprint density at radius 1 is 1.64 bits per heavy atom. The topological polar surface area (TPSA) is 21.9 Å². The highest BCUT2D eigenvalue weighted by atomic mass is 15.1. The van der Waals surface area contributed by atoms with Crippen LogP contribution < -0.4 is 5.32 Å². The molecule has 0 bridgehead atoms. The van der Waals surface area contributed by atoms with Gasteiger partial charge in [0, 0.05) is 12.6 Å². The SMILES string of the molecule is C/C=C(\C=C/CC)CC1CN1. The van der Waals surface area contributed by atoms with Crippen molar-refractivity contribution in [3.8, 4) is 0 Å². The van der Waals surface area contributed by atoms with Gasteiger partial charge in [-0.15, -0.1) is 0 Å². The van der Waals surface area contributed by atoms with Crippen LogP contribution in [0.15, 0.2) is 23.8 Å². The van der Waals surface area contributed by atoms with Crippen molar-refractivity contribution in [3.63, 3.8) is 0 Å². The molecule has 0 aliphatic carbocycles. The van der Waals surface area contributed by atoms with Crippen molar-refractivity contribution in [2.75, 3.05) is 6.54 Å². The van der Waals surface area contributed by atoms with Crippen molar-refractivity contribution >= 4 is 0 Å². The van der Waals surface area contributed by atoms with Gasteiger partial charge >= 0.3 is 0 Å². The van der Waals surface area contributed by atoms with Crippen LogP contribution in [0.1, 0.15) is 26.7 Å². The minimum absolute atomic E-state index is 0.766. The molecule has 0 aromatic carbocycles. The molecule has 1 rings (SSSR count). The van der Waals surface area contributed by atoms with Crippen molar-refractivity contribution in [1.29, 1.82) is 0 Å². The Hall–Kier alpha value is -0.560. The predicted octanol–water partition coefficient (Wildman–Crippen LogP) is 2.26. The summed E-state index contributed by atoms with van der Waals surface area (Å²) in [5.74, 6) is 0. The van der Waals surface area contributed by atoms with Crippen molar-refractivity contribution in [3.05, 3.63) is 23.8 Å². The quantitative estimate of drug-likeness (QED) is 0.483. The van der Waals surface area contributed by atoms with Crippen LogP contribution in [-0.4, -0.2) is 12.6 Å². The number of nitrogens with one attached hydrogen (secondary N) is 1. The van der Waals surface area contributed by atoms with Crippen LogP contribution in [0.5, 0.6) is 0 Å². The first kappa shape index (κ1) is 8.54. The minimum Gasteiger partial charge on any atom is -0.311 e. The van der Waals surface area contributed by atoms with E-state index in [-0.39, 0.29) is 0 Å². The molecular formula is C10H17N. The highest BCUT2D eigenvalue weighted by molar-refractivity contribution is 5.20. The third-order valence-electron chi connectivity index (χ3n) is 1.91. The van der Waals surface area contributed by atoms with Gasteiger partial charge in [-0.1, -0.05) is 30.7 Å². The van der Waals surface area contributed by atoms with Gasteiger partial charge in [0.05, 0.1) is 0 Å². The summed E-state index contributed by atoms with van der Waals surface area (Å²) in [5, 5.41) is 3.30. The Labute approximate surface area is 69.2 Å². The maximum atomic E-state index is 3.30. The number of hydrogen-bond donors (Lipinski definition) is 1. The second kappa shape index (κ2) is 4.35. The highest BCUT2D eigenvalue weighted by Gasteiger charge is 2.19. The standard InChI is InChI=1S/C10H17N/c1-3-5-6-9(4-2)7-10-8-11-10/h4-6,10-11H,3,7-8H2,1-2H3/b6-5-,9-4+. The minimum atomic E-state index is 0.766. The predicted molar refractivity (Wildman–Crippen MR) is 49.6 cm³/mol. The van der Waals surface area contributed by atoms with Gasteiger partial charge in [-0.2, -0.15) is 0 Å². The Balaban J connectivity index is 2.29. The molecule has 1 unspecified atom stereocenters. The Bertz CT molecular complexity index is 164. The lowest BCUT2D eigenvalue weighted by atomic mass is 10.1. The van der Waals surface area contributed by atoms with Crippen molar-refractivity contribution < 1.29 is 0 Å². The number of allylic oxidation sites excluding steroid dienone is 3. The van der Waals surface area contributed by atoms with Gasteiger partial charge in [0.1, 0.15) is 0 Å². The molecule has 1 fully saturated rings. The molecular weight excluding hydrogens is 134 g/mol. The average Bonchev–Trinajstić information content (AvgIpc) is 2.81. The molecule has 1 aliphatic heterocycles. The molecule has 11 heavy (non-hydrogen) atoms. The molecule has 0 aromatic heterocycles. The summed E-state index contributed by atoms with van der Waals surface area (Å²) in [7, 11) is 0. The molecule has 1 aliphatic rings. The van der Waals surface area contributed by atoms with E-state index < -0.39 is 0 Å². The van der Waals surface area contributed by atoms with Crippen LogP contribution in [0, 0.1) is 0 Å². The van der Waals surface area contributed by atoms with E-state index >= 15 is 0 Å². The molecule has 1 atom stereocenters. The van der Waals surface area contributed by atoms with Crippen LogP contribution in [0.4, 0.5) is 0 Å². The first-order valence-corrected chi connectivity index (χ1v) is 4.42. The van der Waals surface area contributed by atoms with Crippen LogP contribution in [-0.2, 0) is 0 Å². The summed E-state index contributed by atoms with van der Waals surface area (Å²) < 4.78 is 0. The molecule has 1 nitrogen and oxygen atoms in total. The van der Waals surface area contributed by atoms with E-state index in [1.807, 2.05) is 0 Å². The summed E-state index contributed by atoms with van der Waals surface area (Å²) >= 11 is 0. The molecule has 1 N–H and O–H groups in total. The number of hydrogen-bond acceptors (Lipinski definition) is 1. The summed E-state index contributed by atoms with van der Waals surface area (Å²) in [4.78, 5) is 0. The monoisotopic (exact) mass is 151 g/mol. The maximum Gasteiger partial charge on any atom is 0.0233 e. The van der Waals surface area contributed by atoms with Gasteiger partial charge in [-0.05, 0) is 19.8 Å². The first-order chi connectivity index (χ1) is 5.36. The lowest BCUT2D eigenvalue weighted by Gasteiger charge is -1.96. The van der Waals surface area contributed by atoms with Gasteiger partial charge < -0.3 is 5.32 Å². The van der Waals surface area contributed by atoms with Gasteiger partial charge in [0.2, 0.25) is 0 Å². The van der Waals surface area contributed by atoms with Gasteiger partial charge in [-0.3, -0.25) is 0 Å². The maximum absolute atomic E-state index is 3.30. The van der Waals surface area contributed by atoms with Crippen LogP contribution >= 0.6 is 0 Å². The first-order valence-electron chi connectivity index (χ1n) is 4.42. The summed E-state index contributed by atoms with van der Waals surface area (Å²) in [5.41, 5.74) is 1.46. The second-order valence-electron chi connectivity index (χ2n) is 2.98. The molecule has 1 saturated heterocycles. The summed E-state index contributed by atoms with van der Waals surface area (Å²) in [6, 6.07) is 0.766.